The van der Waals surface area contributed by atoms with E-state index in [1.807, 2.05) is 0 Å². The molecule has 1 unspecified atom stereocenters. The van der Waals surface area contributed by atoms with Crippen LogP contribution in [0.1, 0.15) is 0 Å². The van der Waals surface area contributed by atoms with Crippen LogP contribution in [0.4, 0.5) is 0 Å². The van der Waals surface area contributed by atoms with E-state index in [9.17, 15) is 0 Å². The van der Waals surface area contributed by atoms with Crippen LogP contribution in [0.2, 0.25) is 0 Å². The van der Waals surface area contributed by atoms with Gasteiger partial charge in [0, 0.05) is 39.3 Å². The number of nitrogens with one attached hydrogen (secondary N) is 2. The molecule has 0 aromatic heterocycles. The maximum atomic E-state index is 3.34. The van der Waals surface area contributed by atoms with E-state index in [1.165, 1.54) is 0 Å². The van der Waals surface area contributed by atoms with Crippen LogP contribution in [0.5, 0.6) is 0 Å². The first kappa shape index (κ1) is 8.41. The molecule has 1 atom stereocenters. The van der Waals surface area contributed by atoms with E-state index in [0.717, 1.165) is 39.3 Å². The van der Waals surface area contributed by atoms with Gasteiger partial charge in [-0.3, -0.25) is 4.67 Å². The van der Waals surface area contributed by atoms with E-state index in [2.05, 4.69) is 24.7 Å². The van der Waals surface area contributed by atoms with E-state index in [4.69, 9.17) is 0 Å². The lowest BCUT2D eigenvalue weighted by molar-refractivity contribution is 0.470. The van der Waals surface area contributed by atoms with Gasteiger partial charge in [0.2, 0.25) is 0 Å². The molecule has 1 aliphatic heterocycles. The van der Waals surface area contributed by atoms with Crippen LogP contribution in [0.3, 0.4) is 0 Å². The van der Waals surface area contributed by atoms with E-state index < -0.39 is 0 Å². The first-order valence-electron chi connectivity index (χ1n) is 3.80. The first-order valence-corrected chi connectivity index (χ1v) is 4.32. The fourth-order valence-corrected chi connectivity index (χ4v) is 1.24. The lowest BCUT2D eigenvalue weighted by atomic mass is 10.5. The second kappa shape index (κ2) is 5.03. The smallest absolute Gasteiger partial charge is 0.0142 e. The van der Waals surface area contributed by atoms with Gasteiger partial charge in [-0.05, 0) is 0 Å². The molecule has 1 saturated heterocycles. The zero-order chi connectivity index (χ0) is 7.23. The van der Waals surface area contributed by atoms with Crippen LogP contribution in [-0.4, -0.2) is 43.9 Å². The highest BCUT2D eigenvalue weighted by atomic mass is 31.0. The van der Waals surface area contributed by atoms with Crippen molar-refractivity contribution in [3.8, 4) is 0 Å². The van der Waals surface area contributed by atoms with Crippen molar-refractivity contribution in [1.29, 1.82) is 0 Å². The molecule has 1 rings (SSSR count). The van der Waals surface area contributed by atoms with Crippen LogP contribution in [0, 0.1) is 0 Å². The van der Waals surface area contributed by atoms with Crippen molar-refractivity contribution in [3.05, 3.63) is 0 Å². The van der Waals surface area contributed by atoms with Gasteiger partial charge in [0.25, 0.3) is 0 Å². The highest BCUT2D eigenvalue weighted by molar-refractivity contribution is 7.13. The number of hydrogen-bond acceptors (Lipinski definition) is 3. The molecular formula is C6H16N3P. The van der Waals surface area contributed by atoms with Crippen LogP contribution in [0.15, 0.2) is 0 Å². The predicted molar refractivity (Wildman–Crippen MR) is 47.0 cm³/mol. The third-order valence-electron chi connectivity index (χ3n) is 1.63. The predicted octanol–water partition coefficient (Wildman–Crippen LogP) is -0.729. The minimum atomic E-state index is 1.10. The normalized spacial score (nSPS) is 24.9. The maximum absolute atomic E-state index is 3.34. The minimum Gasteiger partial charge on any atom is -0.314 e. The summed E-state index contributed by atoms with van der Waals surface area (Å²) in [4.78, 5) is 0. The van der Waals surface area contributed by atoms with Crippen molar-refractivity contribution in [1.82, 2.24) is 15.3 Å². The molecule has 1 fully saturated rings. The molecule has 0 aliphatic carbocycles. The van der Waals surface area contributed by atoms with Crippen LogP contribution < -0.4 is 10.6 Å². The highest BCUT2D eigenvalue weighted by Crippen LogP contribution is 1.94. The monoisotopic (exact) mass is 161 g/mol. The van der Waals surface area contributed by atoms with Gasteiger partial charge in [-0.15, -0.1) is 0 Å². The summed E-state index contributed by atoms with van der Waals surface area (Å²) in [5.74, 6) is 0. The SMILES string of the molecule is PN1CCNCCNCC1. The molecule has 10 heavy (non-hydrogen) atoms. The Labute approximate surface area is 64.8 Å². The Balaban J connectivity index is 2.15. The van der Waals surface area contributed by atoms with E-state index >= 15 is 0 Å². The van der Waals surface area contributed by atoms with Crippen molar-refractivity contribution in [3.63, 3.8) is 0 Å². The van der Waals surface area contributed by atoms with Crippen LogP contribution in [-0.2, 0) is 0 Å². The van der Waals surface area contributed by atoms with E-state index in [-0.39, 0.29) is 0 Å². The summed E-state index contributed by atoms with van der Waals surface area (Å²) in [5.41, 5.74) is 0. The largest absolute Gasteiger partial charge is 0.314 e. The summed E-state index contributed by atoms with van der Waals surface area (Å²) < 4.78 is 2.26. The van der Waals surface area contributed by atoms with Gasteiger partial charge in [-0.25, -0.2) is 0 Å². The van der Waals surface area contributed by atoms with E-state index in [0.29, 0.717) is 0 Å². The van der Waals surface area contributed by atoms with Crippen LogP contribution in [0.25, 0.3) is 0 Å². The topological polar surface area (TPSA) is 27.3 Å². The van der Waals surface area contributed by atoms with Gasteiger partial charge >= 0.3 is 0 Å². The Hall–Kier alpha value is 0.310. The minimum absolute atomic E-state index is 1.10. The third kappa shape index (κ3) is 3.47. The zero-order valence-electron chi connectivity index (χ0n) is 6.27. The zero-order valence-corrected chi connectivity index (χ0v) is 7.42. The summed E-state index contributed by atoms with van der Waals surface area (Å²) in [6, 6.07) is 0. The Kier molecular flexibility index (Phi) is 4.23. The van der Waals surface area contributed by atoms with Gasteiger partial charge in [0.15, 0.2) is 0 Å². The average Bonchev–Trinajstić information content (AvgIpc) is 2.02. The van der Waals surface area contributed by atoms with Crippen molar-refractivity contribution in [2.45, 2.75) is 0 Å². The number of nitrogens with zero attached hydrogens (tertiary/aromatic N) is 1. The standard InChI is InChI=1S/C6H16N3P/c10-9-5-3-7-1-2-8-4-6-9/h7-8H,1-6,10H2. The molecule has 60 valence electrons. The van der Waals surface area contributed by atoms with Gasteiger partial charge in [-0.1, -0.05) is 9.39 Å². The molecule has 1 heterocycles. The molecule has 4 heteroatoms. The fraction of sp³-hybridized carbons (Fsp3) is 1.00. The summed E-state index contributed by atoms with van der Waals surface area (Å²) in [5, 5.41) is 6.68. The highest BCUT2D eigenvalue weighted by Gasteiger charge is 1.99. The van der Waals surface area contributed by atoms with Gasteiger partial charge in [-0.2, -0.15) is 0 Å². The Bertz CT molecular complexity index is 79.1. The average molecular weight is 161 g/mol. The number of hydrogen-bond donors (Lipinski definition) is 2. The Morgan fingerprint density at radius 1 is 0.900 bits per heavy atom. The van der Waals surface area contributed by atoms with Crippen molar-refractivity contribution < 1.29 is 0 Å². The lowest BCUT2D eigenvalue weighted by Gasteiger charge is -2.13. The quantitative estimate of drug-likeness (QED) is 0.459. The molecule has 0 spiro atoms. The van der Waals surface area contributed by atoms with Crippen molar-refractivity contribution in [2.24, 2.45) is 0 Å². The Morgan fingerprint density at radius 2 is 1.40 bits per heavy atom. The molecule has 1 aliphatic rings. The molecule has 2 N–H and O–H groups in total. The third-order valence-corrected chi connectivity index (χ3v) is 2.15. The van der Waals surface area contributed by atoms with Crippen molar-refractivity contribution in [2.75, 3.05) is 39.3 Å². The first-order chi connectivity index (χ1) is 4.89. The number of rotatable bonds is 0. The molecule has 0 saturated carbocycles. The molecule has 0 amide bonds. The van der Waals surface area contributed by atoms with Gasteiger partial charge in [0.05, 0.1) is 0 Å². The van der Waals surface area contributed by atoms with Gasteiger partial charge < -0.3 is 10.6 Å². The summed E-state index contributed by atoms with van der Waals surface area (Å²) in [6.07, 6.45) is 0. The molecule has 3 nitrogen and oxygen atoms in total. The van der Waals surface area contributed by atoms with Crippen LogP contribution >= 0.6 is 9.39 Å². The fourth-order valence-electron chi connectivity index (χ4n) is 0.984. The maximum Gasteiger partial charge on any atom is 0.0142 e. The second-order valence-corrected chi connectivity index (χ2v) is 3.27. The molecular weight excluding hydrogens is 145 g/mol. The molecule has 0 bridgehead atoms. The summed E-state index contributed by atoms with van der Waals surface area (Å²) >= 11 is 0. The molecule has 0 aromatic carbocycles. The molecule has 0 aromatic rings. The molecule has 0 radical (unpaired) electrons. The van der Waals surface area contributed by atoms with Gasteiger partial charge in [0.1, 0.15) is 0 Å². The Morgan fingerprint density at radius 3 is 1.90 bits per heavy atom. The lowest BCUT2D eigenvalue weighted by Crippen LogP contribution is -2.27. The summed E-state index contributed by atoms with van der Waals surface area (Å²) in [7, 11) is 2.74. The second-order valence-electron chi connectivity index (χ2n) is 2.54. The van der Waals surface area contributed by atoms with E-state index in [1.54, 1.807) is 0 Å². The van der Waals surface area contributed by atoms with Crippen molar-refractivity contribution >= 4 is 9.39 Å². The summed E-state index contributed by atoms with van der Waals surface area (Å²) in [6.45, 7) is 6.66.